The Bertz CT molecular complexity index is 1450. The number of amides is 1. The molecule has 0 radical (unpaired) electrons. The predicted molar refractivity (Wildman–Crippen MR) is 116 cm³/mol. The number of aliphatic hydroxyl groups is 1. The third-order valence-corrected chi connectivity index (χ3v) is 6.54. The number of anilines is 1. The second-order valence-corrected chi connectivity index (χ2v) is 8.20. The number of nitrogens with zero attached hydrogens (tertiary/aromatic N) is 2. The second kappa shape index (κ2) is 7.26. The number of aromatic nitrogens is 2. The van der Waals surface area contributed by atoms with E-state index >= 15 is 0 Å². The number of carbonyl (C=O) groups excluding carboxylic acids is 1. The number of hydrogen-bond acceptors (Lipinski definition) is 6. The largest absolute Gasteiger partial charge is 0.465 e. The molecule has 3 N–H and O–H groups in total. The zero-order chi connectivity index (χ0) is 23.7. The molecule has 1 aromatic carbocycles. The van der Waals surface area contributed by atoms with Gasteiger partial charge in [0.15, 0.2) is 5.60 Å². The summed E-state index contributed by atoms with van der Waals surface area (Å²) in [5.41, 5.74) is -0.0912. The average molecular weight is 474 g/mol. The molecule has 2 aliphatic heterocycles. The highest BCUT2D eigenvalue weighted by Crippen LogP contribution is 2.41. The number of pyridine rings is 2. The van der Waals surface area contributed by atoms with Crippen LogP contribution in [0.3, 0.4) is 0 Å². The van der Waals surface area contributed by atoms with Gasteiger partial charge in [-0.05, 0) is 24.1 Å². The maximum absolute atomic E-state index is 14.5. The Morgan fingerprint density at radius 3 is 2.76 bits per heavy atom. The van der Waals surface area contributed by atoms with Crippen LogP contribution in [0.4, 0.5) is 14.9 Å². The van der Waals surface area contributed by atoms with Crippen molar-refractivity contribution in [3.8, 4) is 11.4 Å². The van der Waals surface area contributed by atoms with Crippen molar-refractivity contribution in [1.82, 2.24) is 9.55 Å². The number of carbonyl (C=O) groups is 2. The molecule has 0 fully saturated rings. The van der Waals surface area contributed by atoms with E-state index in [0.29, 0.717) is 27.9 Å². The van der Waals surface area contributed by atoms with Gasteiger partial charge in [0.05, 0.1) is 34.7 Å². The highest BCUT2D eigenvalue weighted by atomic mass is 35.5. The summed E-state index contributed by atoms with van der Waals surface area (Å²) in [5, 5.41) is 22.4. The summed E-state index contributed by atoms with van der Waals surface area (Å²) in [5.74, 6) is -1.64. The van der Waals surface area contributed by atoms with Gasteiger partial charge in [-0.3, -0.25) is 10.1 Å². The van der Waals surface area contributed by atoms with Crippen LogP contribution in [0.2, 0.25) is 0 Å². The Kier molecular flexibility index (Phi) is 4.69. The van der Waals surface area contributed by atoms with Crippen molar-refractivity contribution in [3.63, 3.8) is 0 Å². The molecule has 1 atom stereocenters. The van der Waals surface area contributed by atoms with Crippen molar-refractivity contribution in [3.05, 3.63) is 56.6 Å². The lowest BCUT2D eigenvalue weighted by Gasteiger charge is -2.31. The first-order chi connectivity index (χ1) is 15.7. The maximum Gasteiger partial charge on any atom is 0.409 e. The van der Waals surface area contributed by atoms with Crippen LogP contribution in [0.1, 0.15) is 35.6 Å². The number of carboxylic acid groups (broad SMARTS) is 1. The van der Waals surface area contributed by atoms with Gasteiger partial charge in [-0.15, -0.1) is 11.6 Å². The van der Waals surface area contributed by atoms with Crippen LogP contribution < -0.4 is 10.9 Å². The van der Waals surface area contributed by atoms with Gasteiger partial charge in [0.2, 0.25) is 0 Å². The number of rotatable bonds is 3. The molecule has 0 saturated heterocycles. The van der Waals surface area contributed by atoms with Crippen molar-refractivity contribution >= 4 is 40.3 Å². The molecule has 11 heteroatoms. The van der Waals surface area contributed by atoms with Gasteiger partial charge in [0.1, 0.15) is 12.4 Å². The van der Waals surface area contributed by atoms with Crippen LogP contribution in [0.15, 0.2) is 23.0 Å². The van der Waals surface area contributed by atoms with Gasteiger partial charge < -0.3 is 19.5 Å². The molecule has 2 aliphatic rings. The van der Waals surface area contributed by atoms with Crippen LogP contribution in [-0.2, 0) is 34.2 Å². The number of nitrogens with one attached hydrogen (secondary N) is 1. The molecular weight excluding hydrogens is 457 g/mol. The third kappa shape index (κ3) is 2.94. The quantitative estimate of drug-likeness (QED) is 0.308. The normalized spacial score (nSPS) is 18.5. The van der Waals surface area contributed by atoms with Gasteiger partial charge >= 0.3 is 12.1 Å². The number of benzene rings is 1. The van der Waals surface area contributed by atoms with E-state index in [4.69, 9.17) is 21.4 Å². The molecule has 0 bridgehead atoms. The molecule has 1 amide bonds. The first kappa shape index (κ1) is 21.4. The van der Waals surface area contributed by atoms with Crippen molar-refractivity contribution in [1.29, 1.82) is 0 Å². The van der Waals surface area contributed by atoms with E-state index in [1.165, 1.54) is 10.6 Å². The summed E-state index contributed by atoms with van der Waals surface area (Å²) in [6, 6.07) is 3.97. The van der Waals surface area contributed by atoms with Crippen LogP contribution in [0.25, 0.3) is 22.3 Å². The first-order valence-corrected chi connectivity index (χ1v) is 10.6. The number of halogens is 2. The SMILES string of the molecule is CC[C@@]1(O)C(=O)OCc2c1cc1n(c2=O)Cc2c-1nc1cc(F)c(NC(=O)O)cc1c2CCl. The predicted octanol–water partition coefficient (Wildman–Crippen LogP) is 3.05. The molecular formula is C22H17ClFN3O6. The lowest BCUT2D eigenvalue weighted by Crippen LogP contribution is -2.44. The molecule has 0 spiro atoms. The topological polar surface area (TPSA) is 131 Å². The van der Waals surface area contributed by atoms with E-state index in [1.54, 1.807) is 13.0 Å². The highest BCUT2D eigenvalue weighted by Gasteiger charge is 2.45. The van der Waals surface area contributed by atoms with Gasteiger partial charge in [-0.1, -0.05) is 6.92 Å². The van der Waals surface area contributed by atoms with Crippen LogP contribution in [0, 0.1) is 5.82 Å². The lowest BCUT2D eigenvalue weighted by atomic mass is 9.86. The summed E-state index contributed by atoms with van der Waals surface area (Å²) < 4.78 is 21.0. The van der Waals surface area contributed by atoms with Gasteiger partial charge in [0.25, 0.3) is 5.56 Å². The number of fused-ring (bicyclic) bond motifs is 5. The Morgan fingerprint density at radius 1 is 1.33 bits per heavy atom. The van der Waals surface area contributed by atoms with E-state index < -0.39 is 29.0 Å². The fourth-order valence-electron chi connectivity index (χ4n) is 4.55. The average Bonchev–Trinajstić information content (AvgIpc) is 3.14. The monoisotopic (exact) mass is 473 g/mol. The van der Waals surface area contributed by atoms with E-state index in [0.717, 1.165) is 6.07 Å². The Hall–Kier alpha value is -3.50. The van der Waals surface area contributed by atoms with Crippen LogP contribution in [0.5, 0.6) is 0 Å². The smallest absolute Gasteiger partial charge is 0.409 e. The van der Waals surface area contributed by atoms with Crippen molar-refractivity contribution in [2.45, 2.75) is 38.0 Å². The molecule has 2 aromatic heterocycles. The van der Waals surface area contributed by atoms with E-state index in [-0.39, 0.29) is 47.8 Å². The van der Waals surface area contributed by atoms with Gasteiger partial charge in [-0.25, -0.2) is 19.0 Å². The molecule has 0 unspecified atom stereocenters. The molecule has 0 aliphatic carbocycles. The Morgan fingerprint density at radius 2 is 2.09 bits per heavy atom. The standard InChI is InChI=1S/C22H17ClFN3O6/c1-2-22(32)13-4-17-18-11(7-27(17)19(28)12(13)8-33-20(22)29)10(6-23)9-3-16(26-21(30)31)14(24)5-15(9)25-18/h3-5,26,32H,2,6-8H2,1H3,(H,30,31)/t22-/m0/s1. The summed E-state index contributed by atoms with van der Waals surface area (Å²) in [7, 11) is 0. The molecule has 9 nitrogen and oxygen atoms in total. The number of ether oxygens (including phenoxy) is 1. The second-order valence-electron chi connectivity index (χ2n) is 7.93. The molecule has 0 saturated carbocycles. The summed E-state index contributed by atoms with van der Waals surface area (Å²) in [4.78, 5) is 41.1. The summed E-state index contributed by atoms with van der Waals surface area (Å²) in [6.45, 7) is 1.48. The highest BCUT2D eigenvalue weighted by molar-refractivity contribution is 6.18. The lowest BCUT2D eigenvalue weighted by molar-refractivity contribution is -0.172. The minimum absolute atomic E-state index is 0.00243. The van der Waals surface area contributed by atoms with Crippen molar-refractivity contribution in [2.75, 3.05) is 5.32 Å². The number of esters is 1. The fraction of sp³-hybridized carbons (Fsp3) is 0.273. The van der Waals surface area contributed by atoms with Crippen molar-refractivity contribution in [2.24, 2.45) is 0 Å². The summed E-state index contributed by atoms with van der Waals surface area (Å²) in [6.07, 6.45) is -1.41. The zero-order valence-corrected chi connectivity index (χ0v) is 18.0. The number of hydrogen-bond donors (Lipinski definition) is 3. The first-order valence-electron chi connectivity index (χ1n) is 10.1. The van der Waals surface area contributed by atoms with Gasteiger partial charge in [0, 0.05) is 28.5 Å². The fourth-order valence-corrected chi connectivity index (χ4v) is 4.85. The Labute approximate surface area is 190 Å². The van der Waals surface area contributed by atoms with E-state index in [2.05, 4.69) is 4.98 Å². The zero-order valence-electron chi connectivity index (χ0n) is 17.2. The molecule has 5 rings (SSSR count). The molecule has 170 valence electrons. The van der Waals surface area contributed by atoms with Crippen LogP contribution >= 0.6 is 11.6 Å². The van der Waals surface area contributed by atoms with Crippen molar-refractivity contribution < 1.29 is 28.9 Å². The van der Waals surface area contributed by atoms with Gasteiger partial charge in [-0.2, -0.15) is 0 Å². The third-order valence-electron chi connectivity index (χ3n) is 6.27. The number of cyclic esters (lactones) is 1. The molecule has 4 heterocycles. The molecule has 33 heavy (non-hydrogen) atoms. The van der Waals surface area contributed by atoms with Crippen LogP contribution in [-0.4, -0.2) is 31.8 Å². The van der Waals surface area contributed by atoms with E-state index in [9.17, 15) is 23.9 Å². The Balaban J connectivity index is 1.79. The molecule has 3 aromatic rings. The summed E-state index contributed by atoms with van der Waals surface area (Å²) >= 11 is 6.23. The maximum atomic E-state index is 14.5. The van der Waals surface area contributed by atoms with E-state index in [1.807, 2.05) is 5.32 Å². The minimum atomic E-state index is -1.96. The number of alkyl halides is 1. The minimum Gasteiger partial charge on any atom is -0.465 e.